The van der Waals surface area contributed by atoms with Gasteiger partial charge < -0.3 is 4.90 Å². The highest BCUT2D eigenvalue weighted by Crippen LogP contribution is 2.24. The number of benzene rings is 1. The van der Waals surface area contributed by atoms with Crippen molar-refractivity contribution in [2.24, 2.45) is 4.99 Å². The third kappa shape index (κ3) is 3.14. The molecule has 1 aromatic rings. The number of aryl methyl sites for hydroxylation is 1. The molecule has 0 aliphatic carbocycles. The SMILES string of the molecule is C=CCCN1CCCC1=Nc1ccc(C)c(Cl)c1. The molecule has 0 aromatic heterocycles. The van der Waals surface area contributed by atoms with Gasteiger partial charge in [0.05, 0.1) is 5.69 Å². The van der Waals surface area contributed by atoms with E-state index in [1.165, 1.54) is 12.3 Å². The van der Waals surface area contributed by atoms with E-state index in [1.807, 2.05) is 31.2 Å². The molecule has 0 unspecified atom stereocenters. The summed E-state index contributed by atoms with van der Waals surface area (Å²) in [7, 11) is 0. The third-order valence-corrected chi connectivity index (χ3v) is 3.62. The minimum Gasteiger partial charge on any atom is -0.360 e. The summed E-state index contributed by atoms with van der Waals surface area (Å²) < 4.78 is 0. The fourth-order valence-corrected chi connectivity index (χ4v) is 2.30. The van der Waals surface area contributed by atoms with Gasteiger partial charge in [-0.25, -0.2) is 4.99 Å². The predicted molar refractivity (Wildman–Crippen MR) is 78.9 cm³/mol. The quantitative estimate of drug-likeness (QED) is 0.737. The zero-order chi connectivity index (χ0) is 13.0. The molecule has 1 heterocycles. The van der Waals surface area contributed by atoms with Crippen molar-refractivity contribution in [3.8, 4) is 0 Å². The summed E-state index contributed by atoms with van der Waals surface area (Å²) in [6, 6.07) is 5.98. The van der Waals surface area contributed by atoms with Crippen LogP contribution >= 0.6 is 11.6 Å². The minimum absolute atomic E-state index is 0.785. The van der Waals surface area contributed by atoms with Crippen LogP contribution in [0.25, 0.3) is 0 Å². The van der Waals surface area contributed by atoms with Crippen LogP contribution in [-0.4, -0.2) is 23.8 Å². The number of amidine groups is 1. The van der Waals surface area contributed by atoms with Crippen LogP contribution in [0.2, 0.25) is 5.02 Å². The lowest BCUT2D eigenvalue weighted by Crippen LogP contribution is -2.25. The standard InChI is InChI=1S/C15H19ClN2/c1-3-4-9-18-10-5-6-15(18)17-13-8-7-12(2)14(16)11-13/h3,7-8,11H,1,4-6,9-10H2,2H3. The molecule has 1 fully saturated rings. The molecule has 0 N–H and O–H groups in total. The van der Waals surface area contributed by atoms with Gasteiger partial charge in [0.15, 0.2) is 0 Å². The summed E-state index contributed by atoms with van der Waals surface area (Å²) >= 11 is 6.12. The van der Waals surface area contributed by atoms with Crippen LogP contribution in [0, 0.1) is 6.92 Å². The maximum absolute atomic E-state index is 6.12. The first-order valence-corrected chi connectivity index (χ1v) is 6.78. The Balaban J connectivity index is 2.15. The Morgan fingerprint density at radius 3 is 3.06 bits per heavy atom. The summed E-state index contributed by atoms with van der Waals surface area (Å²) in [5.41, 5.74) is 2.04. The zero-order valence-electron chi connectivity index (χ0n) is 10.8. The molecular weight excluding hydrogens is 244 g/mol. The van der Waals surface area contributed by atoms with Crippen molar-refractivity contribution >= 4 is 23.1 Å². The molecule has 18 heavy (non-hydrogen) atoms. The molecule has 2 rings (SSSR count). The summed E-state index contributed by atoms with van der Waals surface area (Å²) in [6.07, 6.45) is 5.21. The number of likely N-dealkylation sites (tertiary alicyclic amines) is 1. The van der Waals surface area contributed by atoms with E-state index in [1.54, 1.807) is 0 Å². The number of hydrogen-bond acceptors (Lipinski definition) is 1. The van der Waals surface area contributed by atoms with Crippen LogP contribution in [-0.2, 0) is 0 Å². The van der Waals surface area contributed by atoms with Gasteiger partial charge in [-0.2, -0.15) is 0 Å². The highest BCUT2D eigenvalue weighted by molar-refractivity contribution is 6.31. The van der Waals surface area contributed by atoms with Gasteiger partial charge in [-0.3, -0.25) is 0 Å². The summed E-state index contributed by atoms with van der Waals surface area (Å²) in [6.45, 7) is 7.89. The van der Waals surface area contributed by atoms with E-state index in [4.69, 9.17) is 16.6 Å². The van der Waals surface area contributed by atoms with E-state index >= 15 is 0 Å². The van der Waals surface area contributed by atoms with Gasteiger partial charge in [0.2, 0.25) is 0 Å². The lowest BCUT2D eigenvalue weighted by Gasteiger charge is -2.17. The topological polar surface area (TPSA) is 15.6 Å². The Labute approximate surface area is 114 Å². The first kappa shape index (κ1) is 13.2. The molecule has 1 aromatic carbocycles. The highest BCUT2D eigenvalue weighted by Gasteiger charge is 2.17. The molecule has 0 atom stereocenters. The van der Waals surface area contributed by atoms with Crippen molar-refractivity contribution in [2.75, 3.05) is 13.1 Å². The molecule has 0 amide bonds. The van der Waals surface area contributed by atoms with Gasteiger partial charge >= 0.3 is 0 Å². The van der Waals surface area contributed by atoms with Gasteiger partial charge in [0.1, 0.15) is 5.84 Å². The molecule has 1 aliphatic heterocycles. The van der Waals surface area contributed by atoms with Crippen LogP contribution in [0.4, 0.5) is 5.69 Å². The first-order valence-electron chi connectivity index (χ1n) is 6.40. The van der Waals surface area contributed by atoms with Crippen molar-refractivity contribution in [1.82, 2.24) is 4.90 Å². The van der Waals surface area contributed by atoms with Crippen molar-refractivity contribution < 1.29 is 0 Å². The van der Waals surface area contributed by atoms with Crippen LogP contribution in [0.3, 0.4) is 0 Å². The molecule has 0 radical (unpaired) electrons. The Morgan fingerprint density at radius 2 is 2.33 bits per heavy atom. The number of nitrogens with zero attached hydrogens (tertiary/aromatic N) is 2. The van der Waals surface area contributed by atoms with Crippen molar-refractivity contribution in [1.29, 1.82) is 0 Å². The number of halogens is 1. The monoisotopic (exact) mass is 262 g/mol. The lowest BCUT2D eigenvalue weighted by atomic mass is 10.2. The molecule has 3 heteroatoms. The molecule has 1 saturated heterocycles. The number of rotatable bonds is 4. The van der Waals surface area contributed by atoms with E-state index in [9.17, 15) is 0 Å². The van der Waals surface area contributed by atoms with Gasteiger partial charge in [-0.1, -0.05) is 23.7 Å². The van der Waals surface area contributed by atoms with Crippen LogP contribution in [0.15, 0.2) is 35.8 Å². The van der Waals surface area contributed by atoms with Gasteiger partial charge in [-0.15, -0.1) is 6.58 Å². The number of aliphatic imine (C=N–C) groups is 1. The molecule has 0 spiro atoms. The molecule has 0 bridgehead atoms. The molecule has 0 saturated carbocycles. The van der Waals surface area contributed by atoms with E-state index in [0.29, 0.717) is 0 Å². The van der Waals surface area contributed by atoms with E-state index in [0.717, 1.165) is 42.2 Å². The molecule has 1 aliphatic rings. The average Bonchev–Trinajstić information content (AvgIpc) is 2.79. The Morgan fingerprint density at radius 1 is 1.50 bits per heavy atom. The van der Waals surface area contributed by atoms with Crippen LogP contribution in [0.1, 0.15) is 24.8 Å². The highest BCUT2D eigenvalue weighted by atomic mass is 35.5. The first-order chi connectivity index (χ1) is 8.70. The van der Waals surface area contributed by atoms with E-state index < -0.39 is 0 Å². The van der Waals surface area contributed by atoms with E-state index in [2.05, 4.69) is 11.5 Å². The van der Waals surface area contributed by atoms with Gasteiger partial charge in [0.25, 0.3) is 0 Å². The largest absolute Gasteiger partial charge is 0.360 e. The summed E-state index contributed by atoms with van der Waals surface area (Å²) in [5.74, 6) is 1.18. The van der Waals surface area contributed by atoms with E-state index in [-0.39, 0.29) is 0 Å². The zero-order valence-corrected chi connectivity index (χ0v) is 11.6. The summed E-state index contributed by atoms with van der Waals surface area (Å²) in [4.78, 5) is 7.06. The fourth-order valence-electron chi connectivity index (χ4n) is 2.13. The van der Waals surface area contributed by atoms with Crippen molar-refractivity contribution in [3.63, 3.8) is 0 Å². The Bertz CT molecular complexity index is 466. The average molecular weight is 263 g/mol. The normalized spacial score (nSPS) is 17.4. The molecule has 2 nitrogen and oxygen atoms in total. The minimum atomic E-state index is 0.785. The summed E-state index contributed by atoms with van der Waals surface area (Å²) in [5, 5.41) is 0.785. The van der Waals surface area contributed by atoms with Crippen molar-refractivity contribution in [3.05, 3.63) is 41.4 Å². The van der Waals surface area contributed by atoms with Crippen LogP contribution < -0.4 is 0 Å². The second-order valence-corrected chi connectivity index (χ2v) is 5.04. The van der Waals surface area contributed by atoms with Crippen molar-refractivity contribution in [2.45, 2.75) is 26.2 Å². The fraction of sp³-hybridized carbons (Fsp3) is 0.400. The van der Waals surface area contributed by atoms with Gasteiger partial charge in [0, 0.05) is 24.5 Å². The third-order valence-electron chi connectivity index (χ3n) is 3.21. The maximum atomic E-state index is 6.12. The number of hydrogen-bond donors (Lipinski definition) is 0. The smallest absolute Gasteiger partial charge is 0.105 e. The Hall–Kier alpha value is -1.28. The molecular formula is C15H19ClN2. The second-order valence-electron chi connectivity index (χ2n) is 4.63. The van der Waals surface area contributed by atoms with Crippen LogP contribution in [0.5, 0.6) is 0 Å². The molecule has 96 valence electrons. The lowest BCUT2D eigenvalue weighted by molar-refractivity contribution is 0.461. The maximum Gasteiger partial charge on any atom is 0.105 e. The van der Waals surface area contributed by atoms with Gasteiger partial charge in [-0.05, 0) is 37.5 Å². The second kappa shape index (κ2) is 6.05. The predicted octanol–water partition coefficient (Wildman–Crippen LogP) is 4.35. The Kier molecular flexibility index (Phi) is 4.43.